The van der Waals surface area contributed by atoms with Crippen LogP contribution >= 0.6 is 0 Å². The molecule has 1 saturated heterocycles. The number of piperidine rings is 1. The van der Waals surface area contributed by atoms with Gasteiger partial charge < -0.3 is 0 Å². The maximum atomic E-state index is 13.0. The standard InChI is InChI=1S/C21H23FN4O/c22-19-8-6-17(7-9-19)14-25-12-10-18(11-13-25)20-23-21(27)26(24-20)15-16-4-2-1-3-5-16/h1-9,18H,10-15H2,(H,23,24,27). The van der Waals surface area contributed by atoms with Gasteiger partial charge in [0, 0.05) is 12.5 Å². The first-order valence-electron chi connectivity index (χ1n) is 9.35. The molecule has 2 aromatic carbocycles. The molecule has 0 bridgehead atoms. The normalized spacial score (nSPS) is 15.9. The quantitative estimate of drug-likeness (QED) is 0.755. The Hall–Kier alpha value is -2.73. The molecule has 1 aliphatic rings. The van der Waals surface area contributed by atoms with Gasteiger partial charge >= 0.3 is 5.69 Å². The first-order valence-corrected chi connectivity index (χ1v) is 9.35. The highest BCUT2D eigenvalue weighted by Gasteiger charge is 2.24. The predicted octanol–water partition coefficient (Wildman–Crippen LogP) is 3.14. The van der Waals surface area contributed by atoms with E-state index in [4.69, 9.17) is 0 Å². The molecule has 1 fully saturated rings. The van der Waals surface area contributed by atoms with Crippen molar-refractivity contribution in [3.05, 3.63) is 87.9 Å². The average molecular weight is 366 g/mol. The fourth-order valence-corrected chi connectivity index (χ4v) is 3.63. The summed E-state index contributed by atoms with van der Waals surface area (Å²) >= 11 is 0. The highest BCUT2D eigenvalue weighted by atomic mass is 19.1. The topological polar surface area (TPSA) is 53.9 Å². The van der Waals surface area contributed by atoms with E-state index < -0.39 is 0 Å². The van der Waals surface area contributed by atoms with Gasteiger partial charge in [0.1, 0.15) is 11.6 Å². The lowest BCUT2D eigenvalue weighted by Gasteiger charge is -2.30. The Morgan fingerprint density at radius 2 is 1.63 bits per heavy atom. The smallest absolute Gasteiger partial charge is 0.299 e. The molecule has 2 heterocycles. The van der Waals surface area contributed by atoms with Gasteiger partial charge in [0.05, 0.1) is 6.54 Å². The molecule has 0 spiro atoms. The fraction of sp³-hybridized carbons (Fsp3) is 0.333. The molecule has 0 radical (unpaired) electrons. The van der Waals surface area contributed by atoms with Gasteiger partial charge in [-0.2, -0.15) is 5.10 Å². The molecule has 5 nitrogen and oxygen atoms in total. The minimum atomic E-state index is -0.201. The molecule has 1 aliphatic heterocycles. The number of benzene rings is 2. The van der Waals surface area contributed by atoms with Crippen molar-refractivity contribution in [1.82, 2.24) is 19.7 Å². The summed E-state index contributed by atoms with van der Waals surface area (Å²) in [6.45, 7) is 3.19. The number of hydrogen-bond donors (Lipinski definition) is 1. The molecule has 0 amide bonds. The zero-order chi connectivity index (χ0) is 18.6. The molecule has 1 N–H and O–H groups in total. The largest absolute Gasteiger partial charge is 0.343 e. The van der Waals surface area contributed by atoms with Crippen molar-refractivity contribution in [2.24, 2.45) is 0 Å². The lowest BCUT2D eigenvalue weighted by Crippen LogP contribution is -2.32. The van der Waals surface area contributed by atoms with Gasteiger partial charge in [-0.05, 0) is 49.2 Å². The minimum absolute atomic E-state index is 0.150. The number of likely N-dealkylation sites (tertiary alicyclic amines) is 1. The fourth-order valence-electron chi connectivity index (χ4n) is 3.63. The van der Waals surface area contributed by atoms with Gasteiger partial charge in [-0.3, -0.25) is 9.88 Å². The van der Waals surface area contributed by atoms with Crippen molar-refractivity contribution in [2.75, 3.05) is 13.1 Å². The summed E-state index contributed by atoms with van der Waals surface area (Å²) in [6.07, 6.45) is 1.92. The molecule has 27 heavy (non-hydrogen) atoms. The number of halogens is 1. The van der Waals surface area contributed by atoms with E-state index in [1.807, 2.05) is 42.5 Å². The van der Waals surface area contributed by atoms with E-state index in [2.05, 4.69) is 15.0 Å². The van der Waals surface area contributed by atoms with E-state index in [0.717, 1.165) is 49.4 Å². The van der Waals surface area contributed by atoms with Gasteiger partial charge in [-0.15, -0.1) is 0 Å². The third kappa shape index (κ3) is 4.34. The van der Waals surface area contributed by atoms with Crippen LogP contribution in [0.4, 0.5) is 4.39 Å². The van der Waals surface area contributed by atoms with Gasteiger partial charge in [0.25, 0.3) is 0 Å². The summed E-state index contributed by atoms with van der Waals surface area (Å²) < 4.78 is 14.5. The molecule has 6 heteroatoms. The molecule has 0 saturated carbocycles. The molecule has 0 atom stereocenters. The summed E-state index contributed by atoms with van der Waals surface area (Å²) in [5.41, 5.74) is 2.03. The van der Waals surface area contributed by atoms with Crippen molar-refractivity contribution in [1.29, 1.82) is 0 Å². The second-order valence-corrected chi connectivity index (χ2v) is 7.14. The van der Waals surface area contributed by atoms with Gasteiger partial charge in [0.15, 0.2) is 0 Å². The summed E-state index contributed by atoms with van der Waals surface area (Å²) in [7, 11) is 0. The summed E-state index contributed by atoms with van der Waals surface area (Å²) in [5, 5.41) is 4.54. The van der Waals surface area contributed by atoms with Crippen molar-refractivity contribution >= 4 is 0 Å². The number of nitrogens with one attached hydrogen (secondary N) is 1. The van der Waals surface area contributed by atoms with E-state index in [1.54, 1.807) is 0 Å². The average Bonchev–Trinajstić information content (AvgIpc) is 3.05. The van der Waals surface area contributed by atoms with E-state index in [-0.39, 0.29) is 17.4 Å². The Kier molecular flexibility index (Phi) is 5.16. The lowest BCUT2D eigenvalue weighted by atomic mass is 9.96. The molecule has 3 aromatic rings. The predicted molar refractivity (Wildman–Crippen MR) is 102 cm³/mol. The van der Waals surface area contributed by atoms with Gasteiger partial charge in [-0.25, -0.2) is 13.9 Å². The van der Waals surface area contributed by atoms with E-state index in [0.29, 0.717) is 6.54 Å². The first-order chi connectivity index (χ1) is 13.2. The number of aromatic nitrogens is 3. The molecular formula is C21H23FN4O. The summed E-state index contributed by atoms with van der Waals surface area (Å²) in [5.74, 6) is 0.865. The number of aromatic amines is 1. The minimum Gasteiger partial charge on any atom is -0.299 e. The molecule has 0 aliphatic carbocycles. The van der Waals surface area contributed by atoms with Crippen LogP contribution in [0.15, 0.2) is 59.4 Å². The van der Waals surface area contributed by atoms with Crippen LogP contribution < -0.4 is 5.69 Å². The molecule has 0 unspecified atom stereocenters. The van der Waals surface area contributed by atoms with E-state index >= 15 is 0 Å². The van der Waals surface area contributed by atoms with Crippen LogP contribution in [0.25, 0.3) is 0 Å². The number of rotatable bonds is 5. The van der Waals surface area contributed by atoms with Crippen LogP contribution in [0.5, 0.6) is 0 Å². The van der Waals surface area contributed by atoms with E-state index in [9.17, 15) is 9.18 Å². The molecular weight excluding hydrogens is 343 g/mol. The highest BCUT2D eigenvalue weighted by molar-refractivity contribution is 5.16. The van der Waals surface area contributed by atoms with Crippen molar-refractivity contribution in [2.45, 2.75) is 31.8 Å². The number of hydrogen-bond acceptors (Lipinski definition) is 3. The zero-order valence-corrected chi connectivity index (χ0v) is 15.1. The van der Waals surface area contributed by atoms with Gasteiger partial charge in [-0.1, -0.05) is 42.5 Å². The summed E-state index contributed by atoms with van der Waals surface area (Å²) in [6, 6.07) is 16.6. The van der Waals surface area contributed by atoms with Crippen molar-refractivity contribution < 1.29 is 4.39 Å². The Bertz CT molecular complexity index is 925. The number of nitrogens with zero attached hydrogens (tertiary/aromatic N) is 3. The van der Waals surface area contributed by atoms with Crippen LogP contribution in [0.1, 0.15) is 35.7 Å². The second kappa shape index (κ2) is 7.88. The molecule has 1 aromatic heterocycles. The highest BCUT2D eigenvalue weighted by Crippen LogP contribution is 2.25. The van der Waals surface area contributed by atoms with Crippen LogP contribution in [0.3, 0.4) is 0 Å². The Morgan fingerprint density at radius 1 is 0.963 bits per heavy atom. The van der Waals surface area contributed by atoms with E-state index in [1.165, 1.54) is 16.8 Å². The maximum absolute atomic E-state index is 13.0. The van der Waals surface area contributed by atoms with Crippen LogP contribution in [-0.2, 0) is 13.1 Å². The Morgan fingerprint density at radius 3 is 2.33 bits per heavy atom. The van der Waals surface area contributed by atoms with Gasteiger partial charge in [0.2, 0.25) is 0 Å². The van der Waals surface area contributed by atoms with Crippen molar-refractivity contribution in [3.63, 3.8) is 0 Å². The van der Waals surface area contributed by atoms with Crippen molar-refractivity contribution in [3.8, 4) is 0 Å². The SMILES string of the molecule is O=c1[nH]c(C2CCN(Cc3ccc(F)cc3)CC2)nn1Cc1ccccc1. The monoisotopic (exact) mass is 366 g/mol. The van der Waals surface area contributed by atoms with Crippen LogP contribution in [0.2, 0.25) is 0 Å². The zero-order valence-electron chi connectivity index (χ0n) is 15.1. The summed E-state index contributed by atoms with van der Waals surface area (Å²) in [4.78, 5) is 17.5. The van der Waals surface area contributed by atoms with Crippen LogP contribution in [0, 0.1) is 5.82 Å². The maximum Gasteiger partial charge on any atom is 0.343 e. The Labute approximate surface area is 157 Å². The third-order valence-corrected chi connectivity index (χ3v) is 5.17. The molecule has 140 valence electrons. The number of H-pyrrole nitrogens is 1. The molecule has 4 rings (SSSR count). The lowest BCUT2D eigenvalue weighted by molar-refractivity contribution is 0.201. The van der Waals surface area contributed by atoms with Crippen LogP contribution in [-0.4, -0.2) is 32.8 Å². The first kappa shape index (κ1) is 17.7. The second-order valence-electron chi connectivity index (χ2n) is 7.14. The Balaban J connectivity index is 1.36. The third-order valence-electron chi connectivity index (χ3n) is 5.17.